The number of aryl methyl sites for hydroxylation is 1. The minimum Gasteiger partial charge on any atom is -0.349 e. The van der Waals surface area contributed by atoms with Crippen LogP contribution in [0.15, 0.2) is 40.2 Å². The molecule has 1 atom stereocenters. The van der Waals surface area contributed by atoms with Gasteiger partial charge in [-0.2, -0.15) is 0 Å². The Labute approximate surface area is 176 Å². The lowest BCUT2D eigenvalue weighted by Gasteiger charge is -2.21. The first-order valence-electron chi connectivity index (χ1n) is 8.65. The molecule has 0 spiro atoms. The number of nitrogens with one attached hydrogen (secondary N) is 1. The summed E-state index contributed by atoms with van der Waals surface area (Å²) >= 11 is 1.95. The summed E-state index contributed by atoms with van der Waals surface area (Å²) in [6.07, 6.45) is 1.21. The van der Waals surface area contributed by atoms with Crippen LogP contribution in [0.1, 0.15) is 18.1 Å². The Morgan fingerprint density at radius 1 is 1.31 bits per heavy atom. The number of aliphatic imine (C=N–C) groups is 1. The second-order valence-corrected chi connectivity index (χ2v) is 7.44. The lowest BCUT2D eigenvalue weighted by atomic mass is 10.2. The number of guanidine groups is 1. The van der Waals surface area contributed by atoms with E-state index in [-0.39, 0.29) is 24.0 Å². The third-order valence-electron chi connectivity index (χ3n) is 4.61. The van der Waals surface area contributed by atoms with Gasteiger partial charge in [-0.05, 0) is 31.4 Å². The van der Waals surface area contributed by atoms with Crippen LogP contribution in [0.4, 0.5) is 0 Å². The molecule has 1 saturated heterocycles. The van der Waals surface area contributed by atoms with Crippen molar-refractivity contribution in [3.63, 3.8) is 0 Å². The van der Waals surface area contributed by atoms with Gasteiger partial charge in [-0.25, -0.2) is 0 Å². The van der Waals surface area contributed by atoms with Crippen LogP contribution >= 0.6 is 35.7 Å². The fourth-order valence-corrected chi connectivity index (χ4v) is 4.04. The summed E-state index contributed by atoms with van der Waals surface area (Å²) in [5.74, 6) is 4.65. The number of hydrogen-bond acceptors (Lipinski definition) is 4. The largest absolute Gasteiger partial charge is 0.349 e. The Morgan fingerprint density at radius 2 is 2.08 bits per heavy atom. The smallest absolute Gasteiger partial charge is 0.194 e. The van der Waals surface area contributed by atoms with Gasteiger partial charge in [0.15, 0.2) is 11.8 Å². The van der Waals surface area contributed by atoms with E-state index < -0.39 is 0 Å². The molecule has 6 nitrogen and oxygen atoms in total. The average Bonchev–Trinajstić information content (AvgIpc) is 3.23. The standard InChI is InChI=1S/C18H26N6S.HI/c1-14-21-22-17(23(14)3)11-20-18(19-2)24-10-9-15(12-24)13-25-16-7-5-4-6-8-16;/h4-8,15H,9-13H2,1-3H3,(H,19,20);1H. The van der Waals surface area contributed by atoms with Gasteiger partial charge in [-0.15, -0.1) is 45.9 Å². The predicted molar refractivity (Wildman–Crippen MR) is 118 cm³/mol. The molecule has 1 aliphatic heterocycles. The summed E-state index contributed by atoms with van der Waals surface area (Å²) in [7, 11) is 3.83. The van der Waals surface area contributed by atoms with Crippen molar-refractivity contribution in [1.29, 1.82) is 0 Å². The van der Waals surface area contributed by atoms with E-state index in [0.717, 1.165) is 36.5 Å². The minimum absolute atomic E-state index is 0. The van der Waals surface area contributed by atoms with Crippen molar-refractivity contribution in [2.75, 3.05) is 25.9 Å². The lowest BCUT2D eigenvalue weighted by molar-refractivity contribution is 0.472. The first kappa shape index (κ1) is 21.0. The van der Waals surface area contributed by atoms with Crippen LogP contribution in [0.25, 0.3) is 0 Å². The van der Waals surface area contributed by atoms with Gasteiger partial charge in [0.2, 0.25) is 0 Å². The highest BCUT2D eigenvalue weighted by Gasteiger charge is 2.25. The molecule has 1 aromatic carbocycles. The van der Waals surface area contributed by atoms with Gasteiger partial charge in [0.1, 0.15) is 5.82 Å². The van der Waals surface area contributed by atoms with Gasteiger partial charge in [0.05, 0.1) is 6.54 Å². The van der Waals surface area contributed by atoms with Crippen molar-refractivity contribution in [2.24, 2.45) is 18.0 Å². The fraction of sp³-hybridized carbons (Fsp3) is 0.500. The lowest BCUT2D eigenvalue weighted by Crippen LogP contribution is -2.40. The summed E-state index contributed by atoms with van der Waals surface area (Å²) in [5, 5.41) is 11.7. The molecule has 0 bridgehead atoms. The van der Waals surface area contributed by atoms with Crippen LogP contribution in [-0.4, -0.2) is 51.5 Å². The van der Waals surface area contributed by atoms with E-state index in [1.54, 1.807) is 0 Å². The van der Waals surface area contributed by atoms with Crippen LogP contribution in [0.5, 0.6) is 0 Å². The van der Waals surface area contributed by atoms with Crippen molar-refractivity contribution in [3.8, 4) is 0 Å². The van der Waals surface area contributed by atoms with Crippen molar-refractivity contribution < 1.29 is 0 Å². The summed E-state index contributed by atoms with van der Waals surface area (Å²) in [4.78, 5) is 8.14. The Kier molecular flexibility index (Phi) is 8.20. The molecule has 3 rings (SSSR count). The van der Waals surface area contributed by atoms with E-state index in [0.29, 0.717) is 12.5 Å². The zero-order chi connectivity index (χ0) is 17.6. The molecule has 2 heterocycles. The SMILES string of the molecule is CN=C(NCc1nnc(C)n1C)N1CCC(CSc2ccccc2)C1.I. The van der Waals surface area contributed by atoms with Crippen LogP contribution in [0, 0.1) is 12.8 Å². The molecule has 0 aliphatic carbocycles. The van der Waals surface area contributed by atoms with Crippen molar-refractivity contribution in [1.82, 2.24) is 25.0 Å². The maximum absolute atomic E-state index is 4.44. The summed E-state index contributed by atoms with van der Waals surface area (Å²) in [5.41, 5.74) is 0. The Morgan fingerprint density at radius 3 is 2.73 bits per heavy atom. The number of rotatable bonds is 5. The van der Waals surface area contributed by atoms with E-state index in [1.165, 1.54) is 11.3 Å². The van der Waals surface area contributed by atoms with Gasteiger partial charge in [-0.1, -0.05) is 18.2 Å². The zero-order valence-corrected chi connectivity index (χ0v) is 18.7. The van der Waals surface area contributed by atoms with Gasteiger partial charge < -0.3 is 14.8 Å². The Balaban J connectivity index is 0.00000243. The van der Waals surface area contributed by atoms with Crippen LogP contribution in [0.3, 0.4) is 0 Å². The second-order valence-electron chi connectivity index (χ2n) is 6.35. The molecule has 26 heavy (non-hydrogen) atoms. The monoisotopic (exact) mass is 486 g/mol. The highest BCUT2D eigenvalue weighted by atomic mass is 127. The van der Waals surface area contributed by atoms with Gasteiger partial charge in [0.25, 0.3) is 0 Å². The molecule has 1 unspecified atom stereocenters. The molecule has 0 radical (unpaired) electrons. The zero-order valence-electron chi connectivity index (χ0n) is 15.6. The second kappa shape index (κ2) is 10.1. The van der Waals surface area contributed by atoms with E-state index in [1.807, 2.05) is 37.3 Å². The number of benzene rings is 1. The van der Waals surface area contributed by atoms with Gasteiger partial charge in [0, 0.05) is 37.8 Å². The maximum atomic E-state index is 4.44. The van der Waals surface area contributed by atoms with Crippen LogP contribution < -0.4 is 5.32 Å². The number of nitrogens with zero attached hydrogens (tertiary/aromatic N) is 5. The Bertz CT molecular complexity index is 718. The molecule has 8 heteroatoms. The maximum Gasteiger partial charge on any atom is 0.194 e. The van der Waals surface area contributed by atoms with Crippen molar-refractivity contribution >= 4 is 41.7 Å². The molecule has 1 fully saturated rings. The van der Waals surface area contributed by atoms with Gasteiger partial charge in [-0.3, -0.25) is 4.99 Å². The molecular weight excluding hydrogens is 459 g/mol. The molecule has 1 aliphatic rings. The number of hydrogen-bond donors (Lipinski definition) is 1. The van der Waals surface area contributed by atoms with Crippen molar-refractivity contribution in [3.05, 3.63) is 42.0 Å². The quantitative estimate of drug-likeness (QED) is 0.305. The van der Waals surface area contributed by atoms with E-state index in [2.05, 4.69) is 55.7 Å². The molecular formula is C18H27IN6S. The highest BCUT2D eigenvalue weighted by molar-refractivity contribution is 14.0. The molecule has 0 saturated carbocycles. The average molecular weight is 486 g/mol. The highest BCUT2D eigenvalue weighted by Crippen LogP contribution is 2.25. The summed E-state index contributed by atoms with van der Waals surface area (Å²) < 4.78 is 2.00. The van der Waals surface area contributed by atoms with E-state index in [9.17, 15) is 0 Å². The molecule has 1 aromatic heterocycles. The molecule has 2 aromatic rings. The topological polar surface area (TPSA) is 58.3 Å². The predicted octanol–water partition coefficient (Wildman–Crippen LogP) is 2.93. The third-order valence-corrected chi connectivity index (χ3v) is 5.86. The summed E-state index contributed by atoms with van der Waals surface area (Å²) in [6, 6.07) is 10.6. The normalized spacial score (nSPS) is 17.3. The minimum atomic E-state index is 0. The van der Waals surface area contributed by atoms with Crippen LogP contribution in [0.2, 0.25) is 0 Å². The Hall–Kier alpha value is -1.29. The number of halogens is 1. The van der Waals surface area contributed by atoms with Crippen molar-refractivity contribution in [2.45, 2.75) is 24.8 Å². The molecule has 142 valence electrons. The fourth-order valence-electron chi connectivity index (χ4n) is 2.99. The number of aromatic nitrogens is 3. The van der Waals surface area contributed by atoms with Crippen LogP contribution in [-0.2, 0) is 13.6 Å². The number of thioether (sulfide) groups is 1. The van der Waals surface area contributed by atoms with E-state index >= 15 is 0 Å². The molecule has 0 amide bonds. The van der Waals surface area contributed by atoms with Gasteiger partial charge >= 0.3 is 0 Å². The summed E-state index contributed by atoms with van der Waals surface area (Å²) in [6.45, 7) is 4.71. The number of likely N-dealkylation sites (tertiary alicyclic amines) is 1. The van der Waals surface area contributed by atoms with E-state index in [4.69, 9.17) is 0 Å². The first-order chi connectivity index (χ1) is 12.2. The molecule has 1 N–H and O–H groups in total. The first-order valence-corrected chi connectivity index (χ1v) is 9.64. The third kappa shape index (κ3) is 5.35.